The maximum atomic E-state index is 12.5. The average Bonchev–Trinajstić information content (AvgIpc) is 2.79. The number of nitrogens with zero attached hydrogens (tertiary/aromatic N) is 2. The molecule has 0 radical (unpaired) electrons. The highest BCUT2D eigenvalue weighted by molar-refractivity contribution is 6.06. The molecule has 0 unspecified atom stereocenters. The average molecular weight is 285 g/mol. The SMILES string of the molecule is C[C@@H](CO)N1CCC2(CC1)C(=O)Nc1ccc(C#N)cc12. The van der Waals surface area contributed by atoms with Crippen molar-refractivity contribution in [2.45, 2.75) is 31.2 Å². The van der Waals surface area contributed by atoms with E-state index in [0.717, 1.165) is 37.2 Å². The molecule has 1 aromatic carbocycles. The third kappa shape index (κ3) is 2.11. The Bertz CT molecular complexity index is 612. The van der Waals surface area contributed by atoms with Crippen molar-refractivity contribution >= 4 is 11.6 Å². The van der Waals surface area contributed by atoms with Crippen molar-refractivity contribution in [2.75, 3.05) is 25.0 Å². The van der Waals surface area contributed by atoms with Gasteiger partial charge in [-0.15, -0.1) is 0 Å². The number of likely N-dealkylation sites (tertiary alicyclic amines) is 1. The number of fused-ring (bicyclic) bond motifs is 2. The summed E-state index contributed by atoms with van der Waals surface area (Å²) in [6.45, 7) is 3.69. The van der Waals surface area contributed by atoms with Gasteiger partial charge in [0, 0.05) is 11.7 Å². The summed E-state index contributed by atoms with van der Waals surface area (Å²) < 4.78 is 0. The topological polar surface area (TPSA) is 76.4 Å². The van der Waals surface area contributed by atoms with Crippen LogP contribution in [0.1, 0.15) is 30.9 Å². The zero-order valence-electron chi connectivity index (χ0n) is 12.1. The van der Waals surface area contributed by atoms with E-state index < -0.39 is 5.41 Å². The predicted molar refractivity (Wildman–Crippen MR) is 78.8 cm³/mol. The molecule has 5 heteroatoms. The third-order valence-electron chi connectivity index (χ3n) is 4.89. The Morgan fingerprint density at radius 3 is 2.81 bits per heavy atom. The van der Waals surface area contributed by atoms with E-state index in [1.807, 2.05) is 19.1 Å². The van der Waals surface area contributed by atoms with Crippen LogP contribution in [0, 0.1) is 11.3 Å². The van der Waals surface area contributed by atoms with Crippen LogP contribution in [0.5, 0.6) is 0 Å². The van der Waals surface area contributed by atoms with E-state index >= 15 is 0 Å². The molecule has 21 heavy (non-hydrogen) atoms. The van der Waals surface area contributed by atoms with E-state index in [2.05, 4.69) is 16.3 Å². The zero-order valence-corrected chi connectivity index (χ0v) is 12.1. The number of carbonyl (C=O) groups excluding carboxylic acids is 1. The number of anilines is 1. The van der Waals surface area contributed by atoms with Crippen LogP contribution < -0.4 is 5.32 Å². The lowest BCUT2D eigenvalue weighted by Crippen LogP contribution is -2.49. The number of nitriles is 1. The summed E-state index contributed by atoms with van der Waals surface area (Å²) in [6.07, 6.45) is 1.45. The molecule has 1 spiro atoms. The molecule has 1 aromatic rings. The number of hydrogen-bond acceptors (Lipinski definition) is 4. The number of carbonyl (C=O) groups is 1. The predicted octanol–water partition coefficient (Wildman–Crippen LogP) is 1.22. The Morgan fingerprint density at radius 1 is 1.48 bits per heavy atom. The van der Waals surface area contributed by atoms with Gasteiger partial charge in [0.05, 0.1) is 23.7 Å². The highest BCUT2D eigenvalue weighted by Gasteiger charge is 2.48. The minimum Gasteiger partial charge on any atom is -0.395 e. The van der Waals surface area contributed by atoms with Crippen LogP contribution in [0.25, 0.3) is 0 Å². The summed E-state index contributed by atoms with van der Waals surface area (Å²) in [5.41, 5.74) is 1.88. The van der Waals surface area contributed by atoms with Crippen molar-refractivity contribution in [3.63, 3.8) is 0 Å². The molecule has 1 fully saturated rings. The van der Waals surface area contributed by atoms with Crippen LogP contribution in [0.4, 0.5) is 5.69 Å². The van der Waals surface area contributed by atoms with Gasteiger partial charge in [0.1, 0.15) is 0 Å². The van der Waals surface area contributed by atoms with Crippen molar-refractivity contribution < 1.29 is 9.90 Å². The zero-order chi connectivity index (χ0) is 15.0. The lowest BCUT2D eigenvalue weighted by atomic mass is 9.73. The molecule has 0 aliphatic carbocycles. The smallest absolute Gasteiger partial charge is 0.235 e. The summed E-state index contributed by atoms with van der Waals surface area (Å²) in [5, 5.41) is 21.3. The Kier molecular flexibility index (Phi) is 3.44. The van der Waals surface area contributed by atoms with Crippen molar-refractivity contribution in [3.05, 3.63) is 29.3 Å². The van der Waals surface area contributed by atoms with Crippen LogP contribution in [-0.4, -0.2) is 41.7 Å². The van der Waals surface area contributed by atoms with E-state index in [4.69, 9.17) is 5.26 Å². The fourth-order valence-electron chi connectivity index (χ4n) is 3.44. The lowest BCUT2D eigenvalue weighted by Gasteiger charge is -2.40. The van der Waals surface area contributed by atoms with E-state index in [9.17, 15) is 9.90 Å². The molecular weight excluding hydrogens is 266 g/mol. The molecule has 1 atom stereocenters. The maximum Gasteiger partial charge on any atom is 0.235 e. The number of amides is 1. The van der Waals surface area contributed by atoms with Gasteiger partial charge in [0.25, 0.3) is 0 Å². The lowest BCUT2D eigenvalue weighted by molar-refractivity contribution is -0.122. The summed E-state index contributed by atoms with van der Waals surface area (Å²) >= 11 is 0. The fraction of sp³-hybridized carbons (Fsp3) is 0.500. The first kappa shape index (κ1) is 14.1. The molecular formula is C16H19N3O2. The van der Waals surface area contributed by atoms with Gasteiger partial charge < -0.3 is 10.4 Å². The minimum absolute atomic E-state index is 0.0453. The van der Waals surface area contributed by atoms with Gasteiger partial charge >= 0.3 is 0 Å². The number of nitrogens with one attached hydrogen (secondary N) is 1. The first-order chi connectivity index (χ1) is 10.1. The quantitative estimate of drug-likeness (QED) is 0.856. The summed E-state index contributed by atoms with van der Waals surface area (Å²) in [4.78, 5) is 14.7. The van der Waals surface area contributed by atoms with Gasteiger partial charge in [-0.25, -0.2) is 0 Å². The number of rotatable bonds is 2. The number of aliphatic hydroxyl groups excluding tert-OH is 1. The van der Waals surface area contributed by atoms with Gasteiger partial charge in [-0.05, 0) is 56.6 Å². The number of hydrogen-bond donors (Lipinski definition) is 2. The minimum atomic E-state index is -0.506. The van der Waals surface area contributed by atoms with E-state index in [1.165, 1.54) is 0 Å². The molecule has 110 valence electrons. The Morgan fingerprint density at radius 2 is 2.19 bits per heavy atom. The second-order valence-corrected chi connectivity index (χ2v) is 5.98. The number of aliphatic hydroxyl groups is 1. The Labute approximate surface area is 124 Å². The second-order valence-electron chi connectivity index (χ2n) is 5.98. The van der Waals surface area contributed by atoms with Crippen molar-refractivity contribution in [2.24, 2.45) is 0 Å². The molecule has 5 nitrogen and oxygen atoms in total. The molecule has 2 N–H and O–H groups in total. The molecule has 3 rings (SSSR count). The van der Waals surface area contributed by atoms with Gasteiger partial charge in [0.15, 0.2) is 0 Å². The highest BCUT2D eigenvalue weighted by Crippen LogP contribution is 2.45. The monoisotopic (exact) mass is 285 g/mol. The van der Waals surface area contributed by atoms with Gasteiger partial charge in [-0.2, -0.15) is 5.26 Å². The molecule has 0 aromatic heterocycles. The van der Waals surface area contributed by atoms with Crippen molar-refractivity contribution in [1.82, 2.24) is 4.90 Å². The van der Waals surface area contributed by atoms with Crippen molar-refractivity contribution in [1.29, 1.82) is 5.26 Å². The van der Waals surface area contributed by atoms with Gasteiger partial charge in [-0.3, -0.25) is 9.69 Å². The standard InChI is InChI=1S/C16H19N3O2/c1-11(10-20)19-6-4-16(5-7-19)13-8-12(9-17)2-3-14(13)18-15(16)21/h2-3,8,11,20H,4-7,10H2,1H3,(H,18,21)/t11-/m0/s1. The van der Waals surface area contributed by atoms with Crippen LogP contribution in [0.2, 0.25) is 0 Å². The number of piperidine rings is 1. The van der Waals surface area contributed by atoms with Gasteiger partial charge in [0.2, 0.25) is 5.91 Å². The third-order valence-corrected chi connectivity index (χ3v) is 4.89. The first-order valence-electron chi connectivity index (χ1n) is 7.32. The summed E-state index contributed by atoms with van der Waals surface area (Å²) in [6, 6.07) is 7.67. The molecule has 0 bridgehead atoms. The van der Waals surface area contributed by atoms with Crippen LogP contribution in [-0.2, 0) is 10.2 Å². The normalized spacial score (nSPS) is 21.7. The Hall–Kier alpha value is -1.90. The van der Waals surface area contributed by atoms with E-state index in [0.29, 0.717) is 5.56 Å². The second kappa shape index (κ2) is 5.14. The largest absolute Gasteiger partial charge is 0.395 e. The summed E-state index contributed by atoms with van der Waals surface area (Å²) in [5.74, 6) is 0.0453. The molecule has 2 heterocycles. The van der Waals surface area contributed by atoms with Crippen molar-refractivity contribution in [3.8, 4) is 6.07 Å². The fourth-order valence-corrected chi connectivity index (χ4v) is 3.44. The Balaban J connectivity index is 1.91. The molecule has 2 aliphatic rings. The molecule has 0 saturated carbocycles. The van der Waals surface area contributed by atoms with E-state index in [1.54, 1.807) is 6.07 Å². The van der Waals surface area contributed by atoms with Crippen LogP contribution >= 0.6 is 0 Å². The molecule has 1 saturated heterocycles. The number of benzene rings is 1. The summed E-state index contributed by atoms with van der Waals surface area (Å²) in [7, 11) is 0. The van der Waals surface area contributed by atoms with E-state index in [-0.39, 0.29) is 18.6 Å². The van der Waals surface area contributed by atoms with Crippen LogP contribution in [0.15, 0.2) is 18.2 Å². The molecule has 2 aliphatic heterocycles. The van der Waals surface area contributed by atoms with Crippen LogP contribution in [0.3, 0.4) is 0 Å². The molecule has 1 amide bonds. The highest BCUT2D eigenvalue weighted by atomic mass is 16.3. The first-order valence-corrected chi connectivity index (χ1v) is 7.32. The van der Waals surface area contributed by atoms with Gasteiger partial charge in [-0.1, -0.05) is 0 Å². The maximum absolute atomic E-state index is 12.5.